The number of anilines is 2. The molecule has 1 aromatic heterocycles. The Morgan fingerprint density at radius 1 is 1.13 bits per heavy atom. The lowest BCUT2D eigenvalue weighted by molar-refractivity contribution is -0.140. The molecule has 1 aliphatic heterocycles. The van der Waals surface area contributed by atoms with E-state index in [9.17, 15) is 26.7 Å². The number of hydrogen-bond acceptors (Lipinski definition) is 9. The van der Waals surface area contributed by atoms with Crippen LogP contribution in [0.2, 0.25) is 0 Å². The van der Waals surface area contributed by atoms with Gasteiger partial charge in [-0.2, -0.15) is 13.2 Å². The molecule has 45 heavy (non-hydrogen) atoms. The molecule has 246 valence electrons. The number of hydrogen-bond donors (Lipinski definition) is 4. The van der Waals surface area contributed by atoms with Crippen molar-refractivity contribution in [2.24, 2.45) is 0 Å². The van der Waals surface area contributed by atoms with Crippen molar-refractivity contribution in [1.29, 1.82) is 0 Å². The van der Waals surface area contributed by atoms with Crippen LogP contribution in [0.15, 0.2) is 47.4 Å². The van der Waals surface area contributed by atoms with Crippen molar-refractivity contribution in [2.75, 3.05) is 70.0 Å². The zero-order valence-electron chi connectivity index (χ0n) is 25.2. The molecular weight excluding hydrogens is 613 g/mol. The van der Waals surface area contributed by atoms with Gasteiger partial charge in [0.1, 0.15) is 18.9 Å². The first-order valence-electron chi connectivity index (χ1n) is 14.5. The average Bonchev–Trinajstić information content (AvgIpc) is 3.31. The number of sulfone groups is 1. The molecule has 2 heterocycles. The summed E-state index contributed by atoms with van der Waals surface area (Å²) in [4.78, 5) is 2.21. The van der Waals surface area contributed by atoms with Gasteiger partial charge in [-0.15, -0.1) is 0 Å². The minimum atomic E-state index is -4.47. The molecule has 0 spiro atoms. The number of methoxy groups -OCH3 is 1. The highest BCUT2D eigenvalue weighted by atomic mass is 32.2. The number of halogens is 3. The van der Waals surface area contributed by atoms with Gasteiger partial charge in [0, 0.05) is 56.2 Å². The Morgan fingerprint density at radius 2 is 1.89 bits per heavy atom. The second-order valence-corrected chi connectivity index (χ2v) is 13.0. The Labute approximate surface area is 261 Å². The van der Waals surface area contributed by atoms with E-state index in [1.54, 1.807) is 25.3 Å². The van der Waals surface area contributed by atoms with Gasteiger partial charge in [0.25, 0.3) is 0 Å². The Morgan fingerprint density at radius 3 is 2.56 bits per heavy atom. The van der Waals surface area contributed by atoms with E-state index >= 15 is 0 Å². The van der Waals surface area contributed by atoms with Crippen LogP contribution in [0.5, 0.6) is 5.75 Å². The van der Waals surface area contributed by atoms with Gasteiger partial charge in [-0.25, -0.2) is 8.42 Å². The van der Waals surface area contributed by atoms with Crippen molar-refractivity contribution in [2.45, 2.75) is 42.6 Å². The number of rotatable bonds is 13. The minimum Gasteiger partial charge on any atom is -0.489 e. The van der Waals surface area contributed by atoms with Gasteiger partial charge in [0.15, 0.2) is 9.84 Å². The second kappa shape index (κ2) is 15.2. The summed E-state index contributed by atoms with van der Waals surface area (Å²) in [6.07, 6.45) is -2.33. The van der Waals surface area contributed by atoms with E-state index in [1.807, 2.05) is 6.07 Å². The number of nitrogens with one attached hydrogen (secondary N) is 2. The Hall–Kier alpha value is -3.48. The summed E-state index contributed by atoms with van der Waals surface area (Å²) < 4.78 is 76.5. The van der Waals surface area contributed by atoms with Crippen molar-refractivity contribution >= 4 is 32.1 Å². The minimum absolute atomic E-state index is 0.0318. The van der Waals surface area contributed by atoms with Gasteiger partial charge in [-0.1, -0.05) is 12.0 Å². The largest absolute Gasteiger partial charge is 0.489 e. The second-order valence-electron chi connectivity index (χ2n) is 11.0. The van der Waals surface area contributed by atoms with Crippen LogP contribution in [0.4, 0.5) is 24.5 Å². The molecule has 1 fully saturated rings. The molecule has 3 aromatic rings. The molecule has 4 N–H and O–H groups in total. The van der Waals surface area contributed by atoms with Crippen LogP contribution in [0.1, 0.15) is 18.5 Å². The molecule has 2 aromatic carbocycles. The van der Waals surface area contributed by atoms with E-state index in [0.29, 0.717) is 23.1 Å². The van der Waals surface area contributed by atoms with Crippen molar-refractivity contribution in [1.82, 2.24) is 9.47 Å². The molecule has 1 aliphatic rings. The highest BCUT2D eigenvalue weighted by molar-refractivity contribution is 7.90. The monoisotopic (exact) mass is 652 g/mol. The molecule has 0 amide bonds. The van der Waals surface area contributed by atoms with Gasteiger partial charge in [0.05, 0.1) is 47.7 Å². The average molecular weight is 653 g/mol. The van der Waals surface area contributed by atoms with Crippen molar-refractivity contribution in [3.05, 3.63) is 48.2 Å². The number of nitrogens with zero attached hydrogens (tertiary/aromatic N) is 2. The number of piperidine rings is 1. The zero-order chi connectivity index (χ0) is 32.6. The molecule has 0 bridgehead atoms. The lowest BCUT2D eigenvalue weighted by Crippen LogP contribution is -2.43. The van der Waals surface area contributed by atoms with Crippen molar-refractivity contribution in [3.8, 4) is 17.6 Å². The van der Waals surface area contributed by atoms with Crippen LogP contribution in [0, 0.1) is 11.8 Å². The standard InChI is InChI=1S/C31H39F3N4O6S/c1-43-20-24(40)19-37-13-10-22(11-14-37)36-27-6-3-7-29-26(27)17-23(38(29)21-31(32,33)34)5-4-12-35-28-9-8-25(45(2,41)42)18-30(28)44-16-15-39/h3,6-9,17-18,22,24,35-36,39-40H,10-16,19-21H2,1-2H3. The van der Waals surface area contributed by atoms with Crippen LogP contribution < -0.4 is 15.4 Å². The number of β-amino-alcohol motifs (C(OH)–C–C–N with tert-alkyl or cyclic N) is 1. The molecule has 14 heteroatoms. The predicted molar refractivity (Wildman–Crippen MR) is 166 cm³/mol. The fourth-order valence-electron chi connectivity index (χ4n) is 5.32. The van der Waals surface area contributed by atoms with Crippen LogP contribution in [-0.4, -0.2) is 106 Å². The van der Waals surface area contributed by atoms with E-state index in [4.69, 9.17) is 14.6 Å². The van der Waals surface area contributed by atoms with Gasteiger partial charge >= 0.3 is 6.18 Å². The highest BCUT2D eigenvalue weighted by Gasteiger charge is 2.30. The summed E-state index contributed by atoms with van der Waals surface area (Å²) >= 11 is 0. The maximum Gasteiger partial charge on any atom is 0.406 e. The third kappa shape index (κ3) is 9.75. The predicted octanol–water partition coefficient (Wildman–Crippen LogP) is 3.33. The normalized spacial score (nSPS) is 15.4. The first kappa shape index (κ1) is 34.4. The van der Waals surface area contributed by atoms with Crippen LogP contribution >= 0.6 is 0 Å². The Bertz CT molecular complexity index is 1610. The van der Waals surface area contributed by atoms with Crippen molar-refractivity contribution in [3.63, 3.8) is 0 Å². The topological polar surface area (TPSA) is 125 Å². The van der Waals surface area contributed by atoms with Gasteiger partial charge < -0.3 is 39.8 Å². The molecule has 1 unspecified atom stereocenters. The smallest absolute Gasteiger partial charge is 0.406 e. The number of aliphatic hydroxyl groups is 2. The van der Waals surface area contributed by atoms with Gasteiger partial charge in [-0.05, 0) is 49.1 Å². The summed E-state index contributed by atoms with van der Waals surface area (Å²) in [6, 6.07) is 11.2. The summed E-state index contributed by atoms with van der Waals surface area (Å²) in [6.45, 7) is 0.841. The maximum absolute atomic E-state index is 13.6. The summed E-state index contributed by atoms with van der Waals surface area (Å²) in [5.74, 6) is 5.93. The summed E-state index contributed by atoms with van der Waals surface area (Å²) in [5.41, 5.74) is 1.76. The van der Waals surface area contributed by atoms with E-state index in [-0.39, 0.29) is 48.7 Å². The van der Waals surface area contributed by atoms with E-state index in [0.717, 1.165) is 42.4 Å². The SMILES string of the molecule is COCC(O)CN1CCC(Nc2cccc3c2cc(C#CCNc2ccc(S(C)(=O)=O)cc2OCCO)n3CC(F)(F)F)CC1. The Balaban J connectivity index is 1.52. The first-order valence-corrected chi connectivity index (χ1v) is 16.4. The number of aromatic nitrogens is 1. The number of benzene rings is 2. The van der Waals surface area contributed by atoms with E-state index < -0.39 is 28.7 Å². The number of fused-ring (bicyclic) bond motifs is 1. The van der Waals surface area contributed by atoms with Crippen LogP contribution in [-0.2, 0) is 21.1 Å². The molecule has 10 nitrogen and oxygen atoms in total. The van der Waals surface area contributed by atoms with Gasteiger partial charge in [0.2, 0.25) is 0 Å². The van der Waals surface area contributed by atoms with Crippen LogP contribution in [0.3, 0.4) is 0 Å². The fourth-order valence-corrected chi connectivity index (χ4v) is 5.95. The molecule has 4 rings (SSSR count). The first-order chi connectivity index (χ1) is 21.4. The van der Waals surface area contributed by atoms with Gasteiger partial charge in [-0.3, -0.25) is 0 Å². The third-order valence-corrected chi connectivity index (χ3v) is 8.48. The maximum atomic E-state index is 13.6. The highest BCUT2D eigenvalue weighted by Crippen LogP contribution is 2.32. The fraction of sp³-hybridized carbons (Fsp3) is 0.484. The number of likely N-dealkylation sites (tertiary alicyclic amines) is 1. The molecule has 0 saturated carbocycles. The summed E-state index contributed by atoms with van der Waals surface area (Å²) in [5, 5.41) is 26.3. The molecular formula is C31H39F3N4O6S. The third-order valence-electron chi connectivity index (χ3n) is 7.37. The van der Waals surface area contributed by atoms with Crippen LogP contribution in [0.25, 0.3) is 10.9 Å². The lowest BCUT2D eigenvalue weighted by atomic mass is 10.0. The zero-order valence-corrected chi connectivity index (χ0v) is 26.0. The van der Waals surface area contributed by atoms with Crippen molar-refractivity contribution < 1.29 is 41.3 Å². The quantitative estimate of drug-likeness (QED) is 0.206. The number of ether oxygens (including phenoxy) is 2. The lowest BCUT2D eigenvalue weighted by Gasteiger charge is -2.34. The number of alkyl halides is 3. The Kier molecular flexibility index (Phi) is 11.6. The molecule has 0 aliphatic carbocycles. The summed E-state index contributed by atoms with van der Waals surface area (Å²) in [7, 11) is -1.95. The van der Waals surface area contributed by atoms with E-state index in [2.05, 4.69) is 27.4 Å². The van der Waals surface area contributed by atoms with E-state index in [1.165, 1.54) is 18.2 Å². The molecule has 0 radical (unpaired) electrons. The molecule has 1 atom stereocenters. The molecule has 1 saturated heterocycles. The number of aliphatic hydroxyl groups excluding tert-OH is 2.